The molecule has 0 aromatic heterocycles. The van der Waals surface area contributed by atoms with E-state index in [9.17, 15) is 13.2 Å². The first-order chi connectivity index (χ1) is 13.3. The normalized spacial score (nSPS) is 17.9. The van der Waals surface area contributed by atoms with Crippen molar-refractivity contribution in [2.24, 2.45) is 5.92 Å². The number of benzene rings is 2. The van der Waals surface area contributed by atoms with Crippen molar-refractivity contribution in [1.29, 1.82) is 0 Å². The molecule has 150 valence electrons. The van der Waals surface area contributed by atoms with Crippen molar-refractivity contribution in [3.05, 3.63) is 52.0 Å². The number of piperidine rings is 1. The minimum absolute atomic E-state index is 0.0881. The molecule has 6 nitrogen and oxygen atoms in total. The van der Waals surface area contributed by atoms with Crippen molar-refractivity contribution < 1.29 is 17.9 Å². The van der Waals surface area contributed by atoms with Crippen molar-refractivity contribution in [3.8, 4) is 5.75 Å². The van der Waals surface area contributed by atoms with Gasteiger partial charge in [0.15, 0.2) is 0 Å². The predicted molar refractivity (Wildman–Crippen MR) is 112 cm³/mol. The van der Waals surface area contributed by atoms with Crippen LogP contribution in [0.15, 0.2) is 51.8 Å². The van der Waals surface area contributed by atoms with Crippen LogP contribution in [0, 0.1) is 5.92 Å². The van der Waals surface area contributed by atoms with Gasteiger partial charge in [-0.1, -0.05) is 23.7 Å². The highest BCUT2D eigenvalue weighted by Gasteiger charge is 2.33. The van der Waals surface area contributed by atoms with Gasteiger partial charge in [-0.15, -0.1) is 0 Å². The summed E-state index contributed by atoms with van der Waals surface area (Å²) in [7, 11) is -2.29. The van der Waals surface area contributed by atoms with Crippen molar-refractivity contribution in [2.45, 2.75) is 17.7 Å². The molecule has 0 spiro atoms. The van der Waals surface area contributed by atoms with E-state index in [1.54, 1.807) is 6.07 Å². The zero-order valence-electron chi connectivity index (χ0n) is 15.2. The van der Waals surface area contributed by atoms with E-state index in [2.05, 4.69) is 21.2 Å². The molecule has 2 aromatic rings. The molecule has 1 atom stereocenters. The fourth-order valence-electron chi connectivity index (χ4n) is 3.13. The van der Waals surface area contributed by atoms with Gasteiger partial charge in [0.2, 0.25) is 15.9 Å². The number of halogens is 2. The van der Waals surface area contributed by atoms with Gasteiger partial charge < -0.3 is 10.1 Å². The molecule has 1 aliphatic rings. The van der Waals surface area contributed by atoms with Crippen LogP contribution in [0.1, 0.15) is 12.8 Å². The zero-order valence-corrected chi connectivity index (χ0v) is 18.4. The Morgan fingerprint density at radius 2 is 2.04 bits per heavy atom. The SMILES string of the molecule is COc1ccc(S(=O)(=O)N2CCC[C@@H](C(=O)Nc3ccccc3Br)C2)cc1Cl. The van der Waals surface area contributed by atoms with Crippen LogP contribution in [0.2, 0.25) is 5.02 Å². The monoisotopic (exact) mass is 486 g/mol. The molecular formula is C19H20BrClN2O4S. The lowest BCUT2D eigenvalue weighted by atomic mass is 9.99. The van der Waals surface area contributed by atoms with Gasteiger partial charge in [0, 0.05) is 17.6 Å². The highest BCUT2D eigenvalue weighted by molar-refractivity contribution is 9.10. The van der Waals surface area contributed by atoms with Crippen LogP contribution in [0.4, 0.5) is 5.69 Å². The molecule has 1 saturated heterocycles. The Bertz CT molecular complexity index is 984. The summed E-state index contributed by atoms with van der Waals surface area (Å²) in [6.07, 6.45) is 1.24. The zero-order chi connectivity index (χ0) is 20.3. The Morgan fingerprint density at radius 1 is 1.29 bits per heavy atom. The van der Waals surface area contributed by atoms with Crippen molar-refractivity contribution >= 4 is 49.1 Å². The van der Waals surface area contributed by atoms with E-state index in [1.165, 1.54) is 29.6 Å². The van der Waals surface area contributed by atoms with Gasteiger partial charge >= 0.3 is 0 Å². The van der Waals surface area contributed by atoms with Crippen LogP contribution in [-0.4, -0.2) is 38.8 Å². The number of amides is 1. The molecule has 1 amide bonds. The van der Waals surface area contributed by atoms with Crippen LogP contribution >= 0.6 is 27.5 Å². The van der Waals surface area contributed by atoms with E-state index in [0.29, 0.717) is 30.8 Å². The Labute approximate surface area is 178 Å². The number of hydrogen-bond donors (Lipinski definition) is 1. The third-order valence-electron chi connectivity index (χ3n) is 4.65. The van der Waals surface area contributed by atoms with E-state index in [-0.39, 0.29) is 22.4 Å². The maximum atomic E-state index is 13.0. The van der Waals surface area contributed by atoms with Gasteiger partial charge in [-0.3, -0.25) is 4.79 Å². The molecule has 9 heteroatoms. The molecule has 1 aliphatic heterocycles. The molecular weight excluding hydrogens is 468 g/mol. The van der Waals surface area contributed by atoms with E-state index in [1.807, 2.05) is 18.2 Å². The lowest BCUT2D eigenvalue weighted by Crippen LogP contribution is -2.43. The second kappa shape index (κ2) is 8.82. The summed E-state index contributed by atoms with van der Waals surface area (Å²) in [6.45, 7) is 0.493. The summed E-state index contributed by atoms with van der Waals surface area (Å²) in [4.78, 5) is 12.8. The second-order valence-corrected chi connectivity index (χ2v) is 9.67. The van der Waals surface area contributed by atoms with E-state index in [0.717, 1.165) is 4.47 Å². The fourth-order valence-corrected chi connectivity index (χ4v) is 5.39. The molecule has 1 N–H and O–H groups in total. The van der Waals surface area contributed by atoms with Crippen molar-refractivity contribution in [1.82, 2.24) is 4.31 Å². The van der Waals surface area contributed by atoms with E-state index < -0.39 is 15.9 Å². The first kappa shape index (κ1) is 21.1. The molecule has 1 heterocycles. The quantitative estimate of drug-likeness (QED) is 0.687. The maximum absolute atomic E-state index is 13.0. The molecule has 0 saturated carbocycles. The van der Waals surface area contributed by atoms with Crippen LogP contribution in [0.5, 0.6) is 5.75 Å². The summed E-state index contributed by atoms with van der Waals surface area (Å²) in [5, 5.41) is 3.10. The topological polar surface area (TPSA) is 75.7 Å². The Morgan fingerprint density at radius 3 is 2.71 bits per heavy atom. The van der Waals surface area contributed by atoms with Crippen LogP contribution in [0.3, 0.4) is 0 Å². The van der Waals surface area contributed by atoms with Gasteiger partial charge in [-0.2, -0.15) is 4.31 Å². The summed E-state index contributed by atoms with van der Waals surface area (Å²) in [6, 6.07) is 11.7. The van der Waals surface area contributed by atoms with Gasteiger partial charge in [0.1, 0.15) is 5.75 Å². The smallest absolute Gasteiger partial charge is 0.243 e. The average Bonchev–Trinajstić information content (AvgIpc) is 2.69. The van der Waals surface area contributed by atoms with Gasteiger partial charge in [-0.25, -0.2) is 8.42 Å². The van der Waals surface area contributed by atoms with Gasteiger partial charge in [0.25, 0.3) is 0 Å². The number of rotatable bonds is 5. The maximum Gasteiger partial charge on any atom is 0.243 e. The highest BCUT2D eigenvalue weighted by atomic mass is 79.9. The van der Waals surface area contributed by atoms with Crippen LogP contribution in [-0.2, 0) is 14.8 Å². The van der Waals surface area contributed by atoms with Crippen LogP contribution in [0.25, 0.3) is 0 Å². The number of ether oxygens (including phenoxy) is 1. The molecule has 0 radical (unpaired) electrons. The van der Waals surface area contributed by atoms with Gasteiger partial charge in [0.05, 0.1) is 28.6 Å². The molecule has 0 aliphatic carbocycles. The third-order valence-corrected chi connectivity index (χ3v) is 7.50. The van der Waals surface area contributed by atoms with Gasteiger partial charge in [-0.05, 0) is 59.1 Å². The summed E-state index contributed by atoms with van der Waals surface area (Å²) >= 11 is 9.48. The van der Waals surface area contributed by atoms with Crippen molar-refractivity contribution in [2.75, 3.05) is 25.5 Å². The number of anilines is 1. The van der Waals surface area contributed by atoms with Crippen molar-refractivity contribution in [3.63, 3.8) is 0 Å². The minimum Gasteiger partial charge on any atom is -0.495 e. The van der Waals surface area contributed by atoms with E-state index >= 15 is 0 Å². The number of sulfonamides is 1. The summed E-state index contributed by atoms with van der Waals surface area (Å²) in [5.41, 5.74) is 0.661. The number of para-hydroxylation sites is 1. The number of hydrogen-bond acceptors (Lipinski definition) is 4. The number of nitrogens with one attached hydrogen (secondary N) is 1. The van der Waals surface area contributed by atoms with E-state index in [4.69, 9.17) is 16.3 Å². The average molecular weight is 488 g/mol. The number of carbonyl (C=O) groups excluding carboxylic acids is 1. The highest BCUT2D eigenvalue weighted by Crippen LogP contribution is 2.31. The largest absolute Gasteiger partial charge is 0.495 e. The Kier molecular flexibility index (Phi) is 6.65. The number of methoxy groups -OCH3 is 1. The first-order valence-electron chi connectivity index (χ1n) is 8.72. The standard InChI is InChI=1S/C19H20BrClN2O4S/c1-27-18-9-8-14(11-16(18)21)28(25,26)23-10-4-5-13(12-23)19(24)22-17-7-3-2-6-15(17)20/h2-3,6-9,11,13H,4-5,10,12H2,1H3,(H,22,24)/t13-/m1/s1. The first-order valence-corrected chi connectivity index (χ1v) is 11.3. The Balaban J connectivity index is 1.76. The molecule has 28 heavy (non-hydrogen) atoms. The predicted octanol–water partition coefficient (Wildman–Crippen LogP) is 4.15. The minimum atomic E-state index is -3.75. The number of carbonyl (C=O) groups is 1. The summed E-state index contributed by atoms with van der Waals surface area (Å²) < 4.78 is 33.2. The molecule has 1 fully saturated rings. The number of nitrogens with zero attached hydrogens (tertiary/aromatic N) is 1. The molecule has 3 rings (SSSR count). The Hall–Kier alpha value is -1.61. The second-order valence-electron chi connectivity index (χ2n) is 6.47. The molecule has 2 aromatic carbocycles. The lowest BCUT2D eigenvalue weighted by Gasteiger charge is -2.31. The summed E-state index contributed by atoms with van der Waals surface area (Å²) in [5.74, 6) is -0.214. The molecule has 0 bridgehead atoms. The fraction of sp³-hybridized carbons (Fsp3) is 0.316. The lowest BCUT2D eigenvalue weighted by molar-refractivity contribution is -0.120. The van der Waals surface area contributed by atoms with Crippen LogP contribution < -0.4 is 10.1 Å². The third kappa shape index (κ3) is 4.51. The molecule has 0 unspecified atom stereocenters.